The number of amides is 1. The molecule has 0 saturated carbocycles. The fourth-order valence-corrected chi connectivity index (χ4v) is 3.37. The zero-order chi connectivity index (χ0) is 21.1. The van der Waals surface area contributed by atoms with Crippen LogP contribution in [0, 0.1) is 12.7 Å². The van der Waals surface area contributed by atoms with Crippen LogP contribution in [0.25, 0.3) is 27.8 Å². The van der Waals surface area contributed by atoms with E-state index in [9.17, 15) is 9.18 Å². The summed E-state index contributed by atoms with van der Waals surface area (Å²) in [6.45, 7) is 2.77. The second-order valence-corrected chi connectivity index (χ2v) is 6.85. The van der Waals surface area contributed by atoms with Crippen LogP contribution in [-0.4, -0.2) is 40.9 Å². The quantitative estimate of drug-likeness (QED) is 0.495. The number of nitrogens with zero attached hydrogens (tertiary/aromatic N) is 3. The van der Waals surface area contributed by atoms with Crippen LogP contribution >= 0.6 is 0 Å². The number of hydrogen-bond donors (Lipinski definition) is 1. The predicted molar refractivity (Wildman–Crippen MR) is 113 cm³/mol. The number of ether oxygens (including phenoxy) is 1. The molecule has 4 aromatic rings. The molecule has 1 N–H and O–H groups in total. The highest BCUT2D eigenvalue weighted by Gasteiger charge is 2.17. The second-order valence-electron chi connectivity index (χ2n) is 6.85. The van der Waals surface area contributed by atoms with Crippen molar-refractivity contribution in [1.82, 2.24) is 20.1 Å². The summed E-state index contributed by atoms with van der Waals surface area (Å²) in [4.78, 5) is 17.6. The molecule has 152 valence electrons. The molecule has 0 spiro atoms. The molecule has 0 bridgehead atoms. The number of benzene rings is 2. The average molecular weight is 404 g/mol. The van der Waals surface area contributed by atoms with Crippen molar-refractivity contribution in [2.24, 2.45) is 0 Å². The first kappa shape index (κ1) is 19.7. The number of hydrogen-bond acceptors (Lipinski definition) is 4. The Hall–Kier alpha value is -3.58. The Morgan fingerprint density at radius 2 is 1.93 bits per heavy atom. The van der Waals surface area contributed by atoms with Crippen molar-refractivity contribution >= 4 is 16.8 Å². The Morgan fingerprint density at radius 1 is 1.17 bits per heavy atom. The molecule has 0 aliphatic rings. The van der Waals surface area contributed by atoms with Crippen molar-refractivity contribution in [3.8, 4) is 16.9 Å². The molecule has 0 radical (unpaired) electrons. The molecule has 2 heterocycles. The highest BCUT2D eigenvalue weighted by molar-refractivity contribution is 6.07. The van der Waals surface area contributed by atoms with Crippen LogP contribution in [-0.2, 0) is 4.74 Å². The maximum atomic E-state index is 13.3. The lowest BCUT2D eigenvalue weighted by atomic mass is 10.0. The molecule has 6 nitrogen and oxygen atoms in total. The zero-order valence-electron chi connectivity index (χ0n) is 16.7. The van der Waals surface area contributed by atoms with Gasteiger partial charge in [-0.15, -0.1) is 0 Å². The normalized spacial score (nSPS) is 11.0. The largest absolute Gasteiger partial charge is 0.383 e. The molecule has 1 amide bonds. The number of pyridine rings is 1. The third-order valence-corrected chi connectivity index (χ3v) is 4.91. The minimum absolute atomic E-state index is 0.185. The van der Waals surface area contributed by atoms with Crippen molar-refractivity contribution in [2.75, 3.05) is 20.3 Å². The van der Waals surface area contributed by atoms with Gasteiger partial charge >= 0.3 is 0 Å². The van der Waals surface area contributed by atoms with Gasteiger partial charge in [0.05, 0.1) is 41.0 Å². The van der Waals surface area contributed by atoms with E-state index in [1.54, 1.807) is 36.2 Å². The molecule has 4 rings (SSSR count). The van der Waals surface area contributed by atoms with E-state index in [4.69, 9.17) is 9.72 Å². The van der Waals surface area contributed by atoms with E-state index in [1.807, 2.05) is 31.2 Å². The predicted octanol–water partition coefficient (Wildman–Crippen LogP) is 3.91. The molecule has 0 aliphatic heterocycles. The summed E-state index contributed by atoms with van der Waals surface area (Å²) in [6, 6.07) is 15.4. The molecule has 2 aromatic carbocycles. The molecule has 7 heteroatoms. The van der Waals surface area contributed by atoms with Gasteiger partial charge in [0.15, 0.2) is 0 Å². The smallest absolute Gasteiger partial charge is 0.252 e. The maximum Gasteiger partial charge on any atom is 0.252 e. The van der Waals surface area contributed by atoms with Gasteiger partial charge in [-0.05, 0) is 43.3 Å². The molecule has 0 aliphatic carbocycles. The number of fused-ring (bicyclic) bond motifs is 1. The fraction of sp³-hybridized carbons (Fsp3) is 0.174. The molecule has 0 saturated heterocycles. The molecular formula is C23H21FN4O2. The first-order chi connectivity index (χ1) is 14.6. The molecule has 0 atom stereocenters. The van der Waals surface area contributed by atoms with Gasteiger partial charge in [-0.1, -0.05) is 18.2 Å². The van der Waals surface area contributed by atoms with E-state index in [2.05, 4.69) is 10.4 Å². The lowest BCUT2D eigenvalue weighted by molar-refractivity contribution is 0.0938. The van der Waals surface area contributed by atoms with Crippen LogP contribution in [0.3, 0.4) is 0 Å². The number of methoxy groups -OCH3 is 1. The van der Waals surface area contributed by atoms with Gasteiger partial charge in [-0.25, -0.2) is 14.1 Å². The van der Waals surface area contributed by atoms with E-state index in [0.717, 1.165) is 27.8 Å². The third-order valence-electron chi connectivity index (χ3n) is 4.91. The van der Waals surface area contributed by atoms with Gasteiger partial charge in [0, 0.05) is 24.6 Å². The van der Waals surface area contributed by atoms with E-state index in [-0.39, 0.29) is 11.7 Å². The van der Waals surface area contributed by atoms with E-state index in [0.29, 0.717) is 24.4 Å². The van der Waals surface area contributed by atoms with E-state index >= 15 is 0 Å². The highest BCUT2D eigenvalue weighted by Crippen LogP contribution is 2.28. The third kappa shape index (κ3) is 3.79. The van der Waals surface area contributed by atoms with Gasteiger partial charge in [0.1, 0.15) is 5.82 Å². The summed E-state index contributed by atoms with van der Waals surface area (Å²) in [6.07, 6.45) is 1.71. The number of carbonyl (C=O) groups excluding carboxylic acids is 1. The van der Waals surface area contributed by atoms with Gasteiger partial charge in [-0.3, -0.25) is 4.79 Å². The number of aromatic nitrogens is 3. The van der Waals surface area contributed by atoms with Gasteiger partial charge < -0.3 is 10.1 Å². The molecule has 2 aromatic heterocycles. The Bertz CT molecular complexity index is 1200. The van der Waals surface area contributed by atoms with Gasteiger partial charge in [0.25, 0.3) is 5.91 Å². The van der Waals surface area contributed by atoms with Crippen molar-refractivity contribution < 1.29 is 13.9 Å². The van der Waals surface area contributed by atoms with Crippen molar-refractivity contribution in [3.63, 3.8) is 0 Å². The summed E-state index contributed by atoms with van der Waals surface area (Å²) < 4.78 is 20.0. The van der Waals surface area contributed by atoms with Crippen LogP contribution in [0.4, 0.5) is 4.39 Å². The topological polar surface area (TPSA) is 69.0 Å². The summed E-state index contributed by atoms with van der Waals surface area (Å²) >= 11 is 0. The summed E-state index contributed by atoms with van der Waals surface area (Å²) in [7, 11) is 1.59. The lowest BCUT2D eigenvalue weighted by Crippen LogP contribution is -2.27. The number of halogens is 1. The Balaban J connectivity index is 1.78. The van der Waals surface area contributed by atoms with Crippen LogP contribution in [0.5, 0.6) is 0 Å². The Kier molecular flexibility index (Phi) is 5.54. The molecule has 0 fully saturated rings. The first-order valence-corrected chi connectivity index (χ1v) is 9.56. The minimum Gasteiger partial charge on any atom is -0.383 e. The monoisotopic (exact) mass is 404 g/mol. The van der Waals surface area contributed by atoms with Gasteiger partial charge in [0.2, 0.25) is 0 Å². The number of para-hydroxylation sites is 1. The average Bonchev–Trinajstić information content (AvgIpc) is 3.15. The number of carbonyl (C=O) groups is 1. The summed E-state index contributed by atoms with van der Waals surface area (Å²) in [5, 5.41) is 8.10. The van der Waals surface area contributed by atoms with Gasteiger partial charge in [-0.2, -0.15) is 5.10 Å². The standard InChI is InChI=1S/C23H21FN4O2/c1-15-20(14-26-28(15)17-9-7-16(24)8-10-17)22-13-19(23(29)25-11-12-30-2)18-5-3-4-6-21(18)27-22/h3-10,13-14H,11-12H2,1-2H3,(H,25,29). The summed E-state index contributed by atoms with van der Waals surface area (Å²) in [5.41, 5.74) is 4.31. The number of nitrogens with one attached hydrogen (secondary N) is 1. The lowest BCUT2D eigenvalue weighted by Gasteiger charge is -2.11. The minimum atomic E-state index is -0.302. The molecule has 30 heavy (non-hydrogen) atoms. The summed E-state index contributed by atoms with van der Waals surface area (Å²) in [5.74, 6) is -0.486. The van der Waals surface area contributed by atoms with Crippen molar-refractivity contribution in [1.29, 1.82) is 0 Å². The van der Waals surface area contributed by atoms with Crippen LogP contribution in [0.2, 0.25) is 0 Å². The molecule has 0 unspecified atom stereocenters. The SMILES string of the molecule is COCCNC(=O)c1cc(-c2cnn(-c3ccc(F)cc3)c2C)nc2ccccc12. The second kappa shape index (κ2) is 8.42. The zero-order valence-corrected chi connectivity index (χ0v) is 16.7. The maximum absolute atomic E-state index is 13.3. The Labute approximate surface area is 173 Å². The fourth-order valence-electron chi connectivity index (χ4n) is 3.37. The van der Waals surface area contributed by atoms with Crippen molar-refractivity contribution in [2.45, 2.75) is 6.92 Å². The van der Waals surface area contributed by atoms with Crippen LogP contribution in [0.1, 0.15) is 16.1 Å². The first-order valence-electron chi connectivity index (χ1n) is 9.56. The molecular weight excluding hydrogens is 383 g/mol. The van der Waals surface area contributed by atoms with E-state index in [1.165, 1.54) is 12.1 Å². The van der Waals surface area contributed by atoms with Crippen LogP contribution < -0.4 is 5.32 Å². The van der Waals surface area contributed by atoms with Crippen molar-refractivity contribution in [3.05, 3.63) is 77.9 Å². The van der Waals surface area contributed by atoms with Crippen LogP contribution in [0.15, 0.2) is 60.8 Å². The number of rotatable bonds is 6. The highest BCUT2D eigenvalue weighted by atomic mass is 19.1. The van der Waals surface area contributed by atoms with E-state index < -0.39 is 0 Å². The Morgan fingerprint density at radius 3 is 2.70 bits per heavy atom.